The number of aliphatic carboxylic acids is 1. The lowest BCUT2D eigenvalue weighted by Crippen LogP contribution is -2.53. The van der Waals surface area contributed by atoms with Crippen LogP contribution in [0.2, 0.25) is 0 Å². The number of aryl methyl sites for hydroxylation is 3. The van der Waals surface area contributed by atoms with E-state index in [9.17, 15) is 58.5 Å². The van der Waals surface area contributed by atoms with Gasteiger partial charge in [-0.15, -0.1) is 0 Å². The summed E-state index contributed by atoms with van der Waals surface area (Å²) in [6.45, 7) is 29.8. The summed E-state index contributed by atoms with van der Waals surface area (Å²) in [5.41, 5.74) is 0.885. The molecule has 28 nitrogen and oxygen atoms in total. The van der Waals surface area contributed by atoms with E-state index in [4.69, 9.17) is 22.3 Å². The van der Waals surface area contributed by atoms with Crippen molar-refractivity contribution in [2.24, 2.45) is 35.5 Å². The van der Waals surface area contributed by atoms with Gasteiger partial charge in [0.05, 0.1) is 54.0 Å². The van der Waals surface area contributed by atoms with Crippen LogP contribution in [-0.2, 0) is 43.0 Å². The van der Waals surface area contributed by atoms with Gasteiger partial charge in [0.2, 0.25) is 0 Å². The second kappa shape index (κ2) is 40.6. The quantitative estimate of drug-likeness (QED) is 0.0700. The van der Waals surface area contributed by atoms with Gasteiger partial charge in [0, 0.05) is 35.6 Å². The van der Waals surface area contributed by atoms with E-state index in [2.05, 4.69) is 72.9 Å². The second-order valence-corrected chi connectivity index (χ2v) is 32.0. The number of aromatic nitrogens is 3. The fourth-order valence-electron chi connectivity index (χ4n) is 14.0. The molecular weight excluding hydrogens is 1350 g/mol. The molecule has 0 aromatic carbocycles. The second-order valence-electron chi connectivity index (χ2n) is 32.0. The molecule has 0 bridgehead atoms. The predicted molar refractivity (Wildman–Crippen MR) is 410 cm³/mol. The summed E-state index contributed by atoms with van der Waals surface area (Å²) in [4.78, 5) is 125. The number of pyridine rings is 3. The third kappa shape index (κ3) is 30.0. The van der Waals surface area contributed by atoms with Gasteiger partial charge < -0.3 is 65.7 Å². The van der Waals surface area contributed by atoms with Crippen molar-refractivity contribution in [2.45, 2.75) is 288 Å². The van der Waals surface area contributed by atoms with Crippen molar-refractivity contribution >= 4 is 88.3 Å². The van der Waals surface area contributed by atoms with Crippen molar-refractivity contribution in [1.29, 1.82) is 0 Å². The molecule has 3 aromatic heterocycles. The molecule has 6 heterocycles. The average Bonchev–Trinajstić information content (AvgIpc) is 0.809. The van der Waals surface area contributed by atoms with Gasteiger partial charge in [-0.2, -0.15) is 0 Å². The summed E-state index contributed by atoms with van der Waals surface area (Å²) in [6.07, 6.45) is 19.2. The molecule has 3 saturated heterocycles. The lowest BCUT2D eigenvalue weighted by molar-refractivity contribution is -0.148. The topological polar surface area (TPSA) is 392 Å². The van der Waals surface area contributed by atoms with Crippen LogP contribution in [-0.4, -0.2) is 172 Å². The summed E-state index contributed by atoms with van der Waals surface area (Å²) < 4.78 is 25.6. The Morgan fingerprint density at radius 1 is 0.438 bits per heavy atom. The molecule has 9 rings (SSSR count). The Morgan fingerprint density at radius 2 is 0.733 bits per heavy atom. The molecule has 8 amide bonds. The number of carboxylic acid groups (broad SMARTS) is 1. The summed E-state index contributed by atoms with van der Waals surface area (Å²) in [5, 5.41) is 56.5. The fraction of sp³-hybridized carbons (Fsp3) is 0.688. The van der Waals surface area contributed by atoms with Crippen LogP contribution >= 0.6 is 0 Å². The van der Waals surface area contributed by atoms with Gasteiger partial charge in [0.15, 0.2) is 0 Å². The molecule has 0 radical (unpaired) electrons. The summed E-state index contributed by atoms with van der Waals surface area (Å²) >= 11 is 0. The number of hydrogen-bond donors (Lipinski definition) is 11. The van der Waals surface area contributed by atoms with E-state index in [1.165, 1.54) is 56.9 Å². The smallest absolute Gasteiger partial charge is 0.413 e. The Kier molecular flexibility index (Phi) is 33.8. The number of piperidine rings is 3. The number of nitrogens with one attached hydrogen (secondary N) is 7. The lowest BCUT2D eigenvalue weighted by atomic mass is 9.77. The number of ether oxygens (including phenoxy) is 3. The molecular formula is C77H128N12O16. The fourth-order valence-corrected chi connectivity index (χ4v) is 14.0. The van der Waals surface area contributed by atoms with Gasteiger partial charge in [-0.1, -0.05) is 35.6 Å². The number of carboxylic acids is 1. The summed E-state index contributed by atoms with van der Waals surface area (Å²) in [7, 11) is 0. The van der Waals surface area contributed by atoms with Crippen LogP contribution in [0.15, 0.2) is 36.8 Å². The molecule has 105 heavy (non-hydrogen) atoms. The van der Waals surface area contributed by atoms with Gasteiger partial charge in [-0.05, 0) is 276 Å². The van der Waals surface area contributed by atoms with Crippen LogP contribution in [0.3, 0.4) is 0 Å². The molecule has 28 heteroatoms. The molecule has 3 aromatic rings. The minimum absolute atomic E-state index is 0. The Balaban J connectivity index is 0.000000503. The van der Waals surface area contributed by atoms with Crippen LogP contribution in [0.4, 0.5) is 48.9 Å². The molecule has 6 fully saturated rings. The molecule has 2 unspecified atom stereocenters. The minimum atomic E-state index is -1.59. The van der Waals surface area contributed by atoms with Crippen molar-refractivity contribution < 1.29 is 82.2 Å². The van der Waals surface area contributed by atoms with E-state index in [0.717, 1.165) is 108 Å². The summed E-state index contributed by atoms with van der Waals surface area (Å²) in [6, 6.07) is 5.61. The molecule has 0 spiro atoms. The zero-order chi connectivity index (χ0) is 78.3. The predicted octanol–water partition coefficient (Wildman–Crippen LogP) is 13.2. The third-order valence-corrected chi connectivity index (χ3v) is 19.3. The highest BCUT2D eigenvalue weighted by Gasteiger charge is 2.41. The van der Waals surface area contributed by atoms with Crippen molar-refractivity contribution in [3.05, 3.63) is 53.5 Å². The molecule has 3 saturated carbocycles. The zero-order valence-corrected chi connectivity index (χ0v) is 63.2. The number of nitrogens with zero attached hydrogens (tertiary/aromatic N) is 5. The number of anilines is 6. The maximum absolute atomic E-state index is 13.2. The third-order valence-electron chi connectivity index (χ3n) is 19.3. The first-order valence-corrected chi connectivity index (χ1v) is 36.6. The average molecular weight is 1480 g/mol. The Morgan fingerprint density at radius 3 is 1.01 bits per heavy atom. The Bertz CT molecular complexity index is 3230. The molecule has 6 aliphatic rings. The number of aliphatic hydroxyl groups is 3. The molecule has 3 aliphatic carbocycles. The number of aliphatic hydroxyl groups excluding tert-OH is 3. The van der Waals surface area contributed by atoms with Gasteiger partial charge in [0.25, 0.3) is 0 Å². The van der Waals surface area contributed by atoms with Crippen molar-refractivity contribution in [3.63, 3.8) is 0 Å². The maximum Gasteiger partial charge on any atom is 0.413 e. The normalized spacial score (nSPS) is 24.7. The van der Waals surface area contributed by atoms with Crippen LogP contribution in [0.25, 0.3) is 0 Å². The van der Waals surface area contributed by atoms with Gasteiger partial charge in [-0.25, -0.2) is 34.1 Å². The van der Waals surface area contributed by atoms with E-state index >= 15 is 0 Å². The number of rotatable bonds is 9. The minimum Gasteiger partial charge on any atom is -0.474 e. The van der Waals surface area contributed by atoms with Crippen LogP contribution in [0, 0.1) is 56.3 Å². The monoisotopic (exact) mass is 1480 g/mol. The highest BCUT2D eigenvalue weighted by Crippen LogP contribution is 2.38. The number of amides is 8. The number of carbonyl (C=O) groups excluding carboxylic acids is 8. The van der Waals surface area contributed by atoms with Crippen LogP contribution in [0.1, 0.15) is 235 Å². The first-order chi connectivity index (χ1) is 49.2. The van der Waals surface area contributed by atoms with Crippen LogP contribution in [0.5, 0.6) is 0 Å². The Labute approximate surface area is 626 Å². The molecule has 6 atom stereocenters. The Hall–Kier alpha value is -8.08. The van der Waals surface area contributed by atoms with E-state index in [1.807, 2.05) is 0 Å². The first kappa shape index (κ1) is 87.6. The molecule has 592 valence electrons. The van der Waals surface area contributed by atoms with E-state index in [-0.39, 0.29) is 58.2 Å². The van der Waals surface area contributed by atoms with Crippen LogP contribution < -0.4 is 37.2 Å². The molecule has 3 aliphatic heterocycles. The maximum atomic E-state index is 13.2. The number of carbonyl (C=O) groups is 9. The summed E-state index contributed by atoms with van der Waals surface area (Å²) in [5.74, 6) is -1.29. The van der Waals surface area contributed by atoms with Crippen molar-refractivity contribution in [3.8, 4) is 0 Å². The number of hydrogen-bond acceptors (Lipinski definition) is 19. The standard InChI is InChI=1S/2C25H38N4O5.C13H17N3O5.C12H23NO.2CH4.2H2/c2*1-15-6-11-20(17-7-9-19(30)10-8-17)29(14-15)23(32)22(31)27-18-12-16(2)21(26-13-18)28-24(33)34-25(3,4)5;1-7-5-8(15-10(17)11(18)19)6-14-9(7)16-12(20)21-13(2,3)4;1-9-2-7-12(13-8-9)10-3-5-11(14)6-4-10;;;;/h2*12-13,15,17,19-20,30H,6-11,14H2,1-5H3,(H,27,31)(H,26,28,33);5-6H,1-4H3,(H,15,17)(H,18,19)(H,14,16,20);9-14H,2-8H2,1H3;2*1H4;2*1H/t2*15-,17?,19?,20+;;;;;;/m11....../s1/i;;;;;;1+1D;1+1. The van der Waals surface area contributed by atoms with Crippen molar-refractivity contribution in [1.82, 2.24) is 30.1 Å². The van der Waals surface area contributed by atoms with E-state index in [0.29, 0.717) is 76.5 Å². The zero-order valence-electron chi connectivity index (χ0n) is 65.2. The first-order valence-electron chi connectivity index (χ1n) is 37.6. The lowest BCUT2D eigenvalue weighted by Gasteiger charge is -2.44. The van der Waals surface area contributed by atoms with E-state index in [1.54, 1.807) is 105 Å². The SMILES string of the molecule is C.C.CC1CCC(C2CCC(O)CC2)NC1.Cc1cc(NC(=O)C(=O)N2C[C@H](C)CC[C@H]2C2CCC(O)CC2)cnc1NC(=O)OC(C)(C)C.Cc1cc(NC(=O)C(=O)N2C[C@H](C)CC[C@H]2C2CCC(O)CC2)cnc1NC(=O)OC(C)(C)C.Cc1cc(NC(=O)C(=O)O)cnc1NC(=O)OC(C)(C)C.[2HH].[2H][2H]. The highest BCUT2D eigenvalue weighted by molar-refractivity contribution is 6.40. The largest absolute Gasteiger partial charge is 0.474 e. The highest BCUT2D eigenvalue weighted by atomic mass is 16.6. The molecule has 11 N–H and O–H groups in total. The van der Waals surface area contributed by atoms with E-state index < -0.39 is 70.6 Å². The van der Waals surface area contributed by atoms with Gasteiger partial charge in [0.1, 0.15) is 34.3 Å². The number of likely N-dealkylation sites (tertiary alicyclic amines) is 2. The van der Waals surface area contributed by atoms with Crippen molar-refractivity contribution in [2.75, 3.05) is 51.5 Å². The van der Waals surface area contributed by atoms with Gasteiger partial charge >= 0.3 is 53.8 Å². The van der Waals surface area contributed by atoms with Gasteiger partial charge in [-0.3, -0.25) is 39.9 Å².